The van der Waals surface area contributed by atoms with Crippen molar-refractivity contribution in [3.63, 3.8) is 0 Å². The summed E-state index contributed by atoms with van der Waals surface area (Å²) in [4.78, 5) is 33.3. The second-order valence-electron chi connectivity index (χ2n) is 6.02. The van der Waals surface area contributed by atoms with Gasteiger partial charge in [0.1, 0.15) is 5.69 Å². The van der Waals surface area contributed by atoms with Gasteiger partial charge in [-0.3, -0.25) is 19.5 Å². The quantitative estimate of drug-likeness (QED) is 0.485. The van der Waals surface area contributed by atoms with Crippen LogP contribution in [0.4, 0.5) is 20.3 Å². The number of halogens is 2. The molecule has 150 valence electrons. The lowest BCUT2D eigenvalue weighted by Crippen LogP contribution is -2.37. The lowest BCUT2D eigenvalue weighted by molar-refractivity contribution is 0.0410. The number of nitrogens with one attached hydrogen (secondary N) is 2. The number of morpholine rings is 1. The highest BCUT2D eigenvalue weighted by Crippen LogP contribution is 2.18. The Morgan fingerprint density at radius 1 is 1.32 bits per heavy atom. The molecule has 28 heavy (non-hydrogen) atoms. The van der Waals surface area contributed by atoms with E-state index in [0.717, 1.165) is 37.8 Å². The number of thioether (sulfide) groups is 1. The van der Waals surface area contributed by atoms with Crippen LogP contribution < -0.4 is 16.6 Å². The molecule has 1 saturated heterocycles. The molecule has 0 radical (unpaired) electrons. The first-order chi connectivity index (χ1) is 13.4. The van der Waals surface area contributed by atoms with E-state index in [2.05, 4.69) is 20.2 Å². The van der Waals surface area contributed by atoms with Gasteiger partial charge in [0.15, 0.2) is 22.6 Å². The number of H-pyrrole nitrogens is 1. The molecule has 0 aliphatic carbocycles. The Balaban J connectivity index is 1.63. The lowest BCUT2D eigenvalue weighted by Gasteiger charge is -2.26. The monoisotopic (exact) mass is 411 g/mol. The second-order valence-corrected chi connectivity index (χ2v) is 7.10. The van der Waals surface area contributed by atoms with Crippen molar-refractivity contribution < 1.29 is 18.3 Å². The Hall–Kier alpha value is -2.50. The Labute approximate surface area is 163 Å². The van der Waals surface area contributed by atoms with Crippen LogP contribution in [0, 0.1) is 11.6 Å². The summed E-state index contributed by atoms with van der Waals surface area (Å²) in [5, 5.41) is 2.62. The molecule has 11 heteroatoms. The zero-order valence-corrected chi connectivity index (χ0v) is 15.7. The van der Waals surface area contributed by atoms with Gasteiger partial charge >= 0.3 is 0 Å². The number of amides is 1. The second kappa shape index (κ2) is 9.13. The van der Waals surface area contributed by atoms with E-state index in [0.29, 0.717) is 24.1 Å². The number of nitrogens with zero attached hydrogens (tertiary/aromatic N) is 2. The Morgan fingerprint density at radius 3 is 2.75 bits per heavy atom. The first-order valence-electron chi connectivity index (χ1n) is 8.53. The first-order valence-corrected chi connectivity index (χ1v) is 9.51. The van der Waals surface area contributed by atoms with Gasteiger partial charge in [-0.15, -0.1) is 0 Å². The summed E-state index contributed by atoms with van der Waals surface area (Å²) >= 11 is 1.34. The summed E-state index contributed by atoms with van der Waals surface area (Å²) in [5.41, 5.74) is 4.77. The van der Waals surface area contributed by atoms with Crippen molar-refractivity contribution in [2.24, 2.45) is 0 Å². The van der Waals surface area contributed by atoms with Crippen LogP contribution >= 0.6 is 11.8 Å². The van der Waals surface area contributed by atoms with E-state index >= 15 is 0 Å². The number of benzene rings is 1. The molecule has 2 heterocycles. The van der Waals surface area contributed by atoms with Gasteiger partial charge in [0, 0.05) is 31.0 Å². The molecule has 0 atom stereocenters. The molecule has 1 fully saturated rings. The summed E-state index contributed by atoms with van der Waals surface area (Å²) in [7, 11) is 0. The fourth-order valence-electron chi connectivity index (χ4n) is 2.58. The minimum Gasteiger partial charge on any atom is -0.382 e. The number of aromatic amines is 1. The normalized spacial score (nSPS) is 14.8. The van der Waals surface area contributed by atoms with Gasteiger partial charge < -0.3 is 15.8 Å². The number of carbonyl (C=O) groups excluding carboxylic acids is 1. The van der Waals surface area contributed by atoms with Crippen LogP contribution in [-0.2, 0) is 4.74 Å². The Morgan fingerprint density at radius 2 is 2.07 bits per heavy atom. The van der Waals surface area contributed by atoms with Crippen LogP contribution in [0.1, 0.15) is 10.4 Å². The fraction of sp³-hybridized carbons (Fsp3) is 0.353. The third-order valence-electron chi connectivity index (χ3n) is 4.10. The van der Waals surface area contributed by atoms with Crippen LogP contribution in [0.15, 0.2) is 28.2 Å². The number of carbonyl (C=O) groups is 1. The SMILES string of the molecule is Nc1nc(SCCN2CCOCC2)[nH]c(=O)c1NC(=O)c1ccc(F)c(F)c1. The van der Waals surface area contributed by atoms with E-state index in [9.17, 15) is 18.4 Å². The number of aromatic nitrogens is 2. The van der Waals surface area contributed by atoms with Crippen molar-refractivity contribution >= 4 is 29.2 Å². The molecule has 0 bridgehead atoms. The van der Waals surface area contributed by atoms with Crippen LogP contribution in [0.25, 0.3) is 0 Å². The highest BCUT2D eigenvalue weighted by atomic mass is 32.2. The molecule has 1 aromatic carbocycles. The molecular formula is C17H19F2N5O3S. The van der Waals surface area contributed by atoms with Crippen molar-refractivity contribution in [3.05, 3.63) is 45.8 Å². The molecule has 0 saturated carbocycles. The third kappa shape index (κ3) is 5.06. The Kier molecular flexibility index (Phi) is 6.60. The minimum atomic E-state index is -1.17. The van der Waals surface area contributed by atoms with Crippen molar-refractivity contribution in [2.45, 2.75) is 5.16 Å². The third-order valence-corrected chi connectivity index (χ3v) is 4.95. The predicted molar refractivity (Wildman–Crippen MR) is 102 cm³/mol. The number of nitrogens with two attached hydrogens (primary N) is 1. The fourth-order valence-corrected chi connectivity index (χ4v) is 3.45. The topological polar surface area (TPSA) is 113 Å². The van der Waals surface area contributed by atoms with Gasteiger partial charge in [-0.2, -0.15) is 0 Å². The van der Waals surface area contributed by atoms with Gasteiger partial charge in [-0.25, -0.2) is 13.8 Å². The zero-order chi connectivity index (χ0) is 20.1. The number of hydrogen-bond donors (Lipinski definition) is 3. The van der Waals surface area contributed by atoms with E-state index in [1.165, 1.54) is 11.8 Å². The first kappa shape index (κ1) is 20.2. The van der Waals surface area contributed by atoms with Gasteiger partial charge in [-0.05, 0) is 18.2 Å². The van der Waals surface area contributed by atoms with E-state index < -0.39 is 23.1 Å². The molecule has 0 unspecified atom stereocenters. The number of ether oxygens (including phenoxy) is 1. The maximum Gasteiger partial charge on any atom is 0.277 e. The molecule has 4 N–H and O–H groups in total. The predicted octanol–water partition coefficient (Wildman–Crippen LogP) is 1.31. The van der Waals surface area contributed by atoms with Gasteiger partial charge in [0.05, 0.1) is 13.2 Å². The average Bonchev–Trinajstić information content (AvgIpc) is 2.67. The maximum atomic E-state index is 13.3. The summed E-state index contributed by atoms with van der Waals surface area (Å²) < 4.78 is 31.5. The van der Waals surface area contributed by atoms with Gasteiger partial charge in [0.25, 0.3) is 11.5 Å². The van der Waals surface area contributed by atoms with Gasteiger partial charge in [0.2, 0.25) is 0 Å². The highest BCUT2D eigenvalue weighted by Gasteiger charge is 2.16. The molecule has 3 rings (SSSR count). The Bertz CT molecular complexity index is 918. The molecule has 1 amide bonds. The zero-order valence-electron chi connectivity index (χ0n) is 14.8. The maximum absolute atomic E-state index is 13.3. The standard InChI is InChI=1S/C17H19F2N5O3S/c18-11-2-1-10(9-12(11)19)15(25)21-13-14(20)22-17(23-16(13)26)28-8-5-24-3-6-27-7-4-24/h1-2,9H,3-8H2,(H,21,25)(H3,20,22,23,26). The summed E-state index contributed by atoms with van der Waals surface area (Å²) in [6, 6.07) is 2.66. The van der Waals surface area contributed by atoms with E-state index in [1.807, 2.05) is 0 Å². The molecule has 2 aromatic rings. The smallest absolute Gasteiger partial charge is 0.277 e. The molecule has 0 spiro atoms. The van der Waals surface area contributed by atoms with Crippen LogP contribution in [0.3, 0.4) is 0 Å². The minimum absolute atomic E-state index is 0.151. The number of anilines is 2. The van der Waals surface area contributed by atoms with E-state index in [4.69, 9.17) is 10.5 Å². The molecular weight excluding hydrogens is 392 g/mol. The summed E-state index contributed by atoms with van der Waals surface area (Å²) in [5.74, 6) is -2.50. The van der Waals surface area contributed by atoms with Gasteiger partial charge in [-0.1, -0.05) is 11.8 Å². The largest absolute Gasteiger partial charge is 0.382 e. The molecule has 1 aliphatic rings. The van der Waals surface area contributed by atoms with Crippen molar-refractivity contribution in [1.82, 2.24) is 14.9 Å². The van der Waals surface area contributed by atoms with Crippen LogP contribution in [-0.4, -0.2) is 59.4 Å². The van der Waals surface area contributed by atoms with Crippen molar-refractivity contribution in [3.8, 4) is 0 Å². The molecule has 8 nitrogen and oxygen atoms in total. The van der Waals surface area contributed by atoms with Crippen LogP contribution in [0.2, 0.25) is 0 Å². The van der Waals surface area contributed by atoms with E-state index in [1.54, 1.807) is 0 Å². The lowest BCUT2D eigenvalue weighted by atomic mass is 10.2. The van der Waals surface area contributed by atoms with Crippen LogP contribution in [0.5, 0.6) is 0 Å². The van der Waals surface area contributed by atoms with Crippen molar-refractivity contribution in [1.29, 1.82) is 0 Å². The highest BCUT2D eigenvalue weighted by molar-refractivity contribution is 7.99. The number of nitrogen functional groups attached to an aromatic ring is 1. The average molecular weight is 411 g/mol. The van der Waals surface area contributed by atoms with E-state index in [-0.39, 0.29) is 17.1 Å². The summed E-state index contributed by atoms with van der Waals surface area (Å²) in [6.07, 6.45) is 0. The summed E-state index contributed by atoms with van der Waals surface area (Å²) in [6.45, 7) is 3.95. The molecule has 1 aromatic heterocycles. The number of hydrogen-bond acceptors (Lipinski definition) is 7. The van der Waals surface area contributed by atoms with Crippen molar-refractivity contribution in [2.75, 3.05) is 49.7 Å². The molecule has 1 aliphatic heterocycles. The number of rotatable bonds is 6.